The molecule has 0 amide bonds. The second-order valence-electron chi connectivity index (χ2n) is 7.32. The first-order valence-electron chi connectivity index (χ1n) is 10.1. The fourth-order valence-electron chi connectivity index (χ4n) is 3.75. The number of aryl methyl sites for hydroxylation is 1. The maximum Gasteiger partial charge on any atom is 0.188 e. The van der Waals surface area contributed by atoms with Gasteiger partial charge in [0, 0.05) is 27.2 Å². The minimum absolute atomic E-state index is 0.113. The van der Waals surface area contributed by atoms with Crippen molar-refractivity contribution in [2.24, 2.45) is 0 Å². The van der Waals surface area contributed by atoms with Crippen molar-refractivity contribution in [3.8, 4) is 22.6 Å². The number of halogens is 1. The number of carbonyl (C=O) groups is 1. The summed E-state index contributed by atoms with van der Waals surface area (Å²) in [6, 6.07) is 21.4. The van der Waals surface area contributed by atoms with Gasteiger partial charge in [0.1, 0.15) is 11.5 Å². The fraction of sp³-hybridized carbons (Fsp3) is 0.111. The van der Waals surface area contributed by atoms with Gasteiger partial charge in [0.05, 0.1) is 25.3 Å². The van der Waals surface area contributed by atoms with Crippen molar-refractivity contribution in [2.75, 3.05) is 14.2 Å². The average Bonchev–Trinajstić information content (AvgIpc) is 2.82. The Morgan fingerprint density at radius 2 is 1.62 bits per heavy atom. The summed E-state index contributed by atoms with van der Waals surface area (Å²) in [6.07, 6.45) is 3.35. The molecule has 0 aliphatic carbocycles. The van der Waals surface area contributed by atoms with Crippen LogP contribution in [0.2, 0.25) is 0 Å². The molecule has 0 unspecified atom stereocenters. The van der Waals surface area contributed by atoms with Crippen LogP contribution >= 0.6 is 15.9 Å². The lowest BCUT2D eigenvalue weighted by Gasteiger charge is -2.14. The Morgan fingerprint density at radius 1 is 0.938 bits per heavy atom. The Balaban J connectivity index is 1.86. The van der Waals surface area contributed by atoms with Crippen LogP contribution in [-0.4, -0.2) is 25.0 Å². The molecule has 3 aromatic carbocycles. The largest absolute Gasteiger partial charge is 0.497 e. The van der Waals surface area contributed by atoms with E-state index in [1.807, 2.05) is 67.6 Å². The van der Waals surface area contributed by atoms with E-state index in [4.69, 9.17) is 14.5 Å². The second kappa shape index (κ2) is 9.37. The third-order valence-electron chi connectivity index (χ3n) is 5.24. The number of hydrogen-bond acceptors (Lipinski definition) is 4. The van der Waals surface area contributed by atoms with Gasteiger partial charge < -0.3 is 9.47 Å². The molecule has 0 saturated heterocycles. The topological polar surface area (TPSA) is 48.4 Å². The molecule has 1 aromatic heterocycles. The smallest absolute Gasteiger partial charge is 0.188 e. The van der Waals surface area contributed by atoms with Crippen molar-refractivity contribution in [1.82, 2.24) is 4.98 Å². The number of pyridine rings is 1. The predicted octanol–water partition coefficient (Wildman–Crippen LogP) is 6.89. The van der Waals surface area contributed by atoms with Crippen molar-refractivity contribution in [1.29, 1.82) is 0 Å². The Labute approximate surface area is 195 Å². The second-order valence-corrected chi connectivity index (χ2v) is 8.23. The van der Waals surface area contributed by atoms with Gasteiger partial charge in [-0.2, -0.15) is 0 Å². The van der Waals surface area contributed by atoms with E-state index >= 15 is 0 Å². The van der Waals surface area contributed by atoms with Gasteiger partial charge in [-0.3, -0.25) is 9.78 Å². The summed E-state index contributed by atoms with van der Waals surface area (Å²) in [4.78, 5) is 18.2. The monoisotopic (exact) mass is 487 g/mol. The molecule has 0 N–H and O–H groups in total. The first kappa shape index (κ1) is 21.8. The summed E-state index contributed by atoms with van der Waals surface area (Å²) < 4.78 is 11.6. The fourth-order valence-corrected chi connectivity index (χ4v) is 4.11. The Kier molecular flexibility index (Phi) is 6.37. The van der Waals surface area contributed by atoms with Gasteiger partial charge >= 0.3 is 0 Å². The van der Waals surface area contributed by atoms with E-state index in [9.17, 15) is 4.79 Å². The standard InChI is InChI=1S/C27H22BrNO3/c1-17-26(25(30)12-9-18-13-21(31-2)16-22(14-18)32-3)27(19-7-5-4-6-8-19)23-15-20(28)10-11-24(23)29-17/h4-16H,1-3H3. The van der Waals surface area contributed by atoms with E-state index in [-0.39, 0.29) is 5.78 Å². The summed E-state index contributed by atoms with van der Waals surface area (Å²) >= 11 is 3.56. The van der Waals surface area contributed by atoms with Gasteiger partial charge in [-0.15, -0.1) is 0 Å². The SMILES string of the molecule is COc1cc(C=CC(=O)c2c(C)nc3ccc(Br)cc3c2-c2ccccc2)cc(OC)c1. The van der Waals surface area contributed by atoms with Gasteiger partial charge in [-0.25, -0.2) is 0 Å². The van der Waals surface area contributed by atoms with Crippen LogP contribution < -0.4 is 9.47 Å². The molecule has 0 spiro atoms. The highest BCUT2D eigenvalue weighted by Gasteiger charge is 2.19. The third kappa shape index (κ3) is 4.43. The van der Waals surface area contributed by atoms with Gasteiger partial charge in [0.25, 0.3) is 0 Å². The van der Waals surface area contributed by atoms with Crippen LogP contribution in [0.4, 0.5) is 0 Å². The number of rotatable bonds is 6. The molecule has 1 heterocycles. The normalized spacial score (nSPS) is 11.1. The molecule has 0 aliphatic rings. The number of nitrogens with zero attached hydrogens (tertiary/aromatic N) is 1. The highest BCUT2D eigenvalue weighted by molar-refractivity contribution is 9.10. The summed E-state index contributed by atoms with van der Waals surface area (Å²) in [5.74, 6) is 1.21. The number of hydrogen-bond donors (Lipinski definition) is 0. The van der Waals surface area contributed by atoms with Crippen LogP contribution in [0, 0.1) is 6.92 Å². The molecule has 160 valence electrons. The van der Waals surface area contributed by atoms with Crippen molar-refractivity contribution in [2.45, 2.75) is 6.92 Å². The summed E-state index contributed by atoms with van der Waals surface area (Å²) in [5, 5.41) is 0.927. The molecule has 0 atom stereocenters. The van der Waals surface area contributed by atoms with Crippen LogP contribution in [0.1, 0.15) is 21.6 Å². The van der Waals surface area contributed by atoms with E-state index in [0.717, 1.165) is 32.1 Å². The van der Waals surface area contributed by atoms with E-state index in [1.165, 1.54) is 0 Å². The molecule has 0 radical (unpaired) electrons. The quantitative estimate of drug-likeness (QED) is 0.219. The molecule has 5 heteroatoms. The first-order chi connectivity index (χ1) is 15.5. The molecular formula is C27H22BrNO3. The van der Waals surface area contributed by atoms with Crippen LogP contribution in [-0.2, 0) is 0 Å². The maximum atomic E-state index is 13.5. The van der Waals surface area contributed by atoms with E-state index in [1.54, 1.807) is 32.4 Å². The predicted molar refractivity (Wildman–Crippen MR) is 133 cm³/mol. The zero-order chi connectivity index (χ0) is 22.7. The minimum atomic E-state index is -0.113. The Morgan fingerprint density at radius 3 is 2.28 bits per heavy atom. The first-order valence-corrected chi connectivity index (χ1v) is 10.9. The van der Waals surface area contributed by atoms with E-state index in [0.29, 0.717) is 22.8 Å². The van der Waals surface area contributed by atoms with E-state index in [2.05, 4.69) is 15.9 Å². The highest BCUT2D eigenvalue weighted by atomic mass is 79.9. The number of aromatic nitrogens is 1. The maximum absolute atomic E-state index is 13.5. The lowest BCUT2D eigenvalue weighted by molar-refractivity contribution is 0.104. The van der Waals surface area contributed by atoms with Crippen LogP contribution in [0.15, 0.2) is 77.3 Å². The van der Waals surface area contributed by atoms with E-state index < -0.39 is 0 Å². The van der Waals surface area contributed by atoms with Gasteiger partial charge in [0.15, 0.2) is 5.78 Å². The minimum Gasteiger partial charge on any atom is -0.497 e. The molecule has 0 bridgehead atoms. The number of fused-ring (bicyclic) bond motifs is 1. The molecule has 32 heavy (non-hydrogen) atoms. The molecule has 0 aliphatic heterocycles. The Bertz CT molecular complexity index is 1310. The number of carbonyl (C=O) groups excluding carboxylic acids is 1. The van der Waals surface area contributed by atoms with Gasteiger partial charge in [0.2, 0.25) is 0 Å². The lowest BCUT2D eigenvalue weighted by Crippen LogP contribution is -2.05. The summed E-state index contributed by atoms with van der Waals surface area (Å²) in [6.45, 7) is 1.88. The number of benzene rings is 3. The number of methoxy groups -OCH3 is 2. The summed E-state index contributed by atoms with van der Waals surface area (Å²) in [5.41, 5.74) is 4.80. The van der Waals surface area contributed by atoms with Crippen LogP contribution in [0.3, 0.4) is 0 Å². The number of allylic oxidation sites excluding steroid dienone is 1. The Hall–Kier alpha value is -3.44. The average molecular weight is 488 g/mol. The molecule has 0 fully saturated rings. The molecular weight excluding hydrogens is 466 g/mol. The number of ketones is 1. The van der Waals surface area contributed by atoms with Crippen molar-refractivity contribution >= 4 is 38.7 Å². The number of ether oxygens (including phenoxy) is 2. The molecule has 4 aromatic rings. The molecule has 0 saturated carbocycles. The molecule has 4 nitrogen and oxygen atoms in total. The third-order valence-corrected chi connectivity index (χ3v) is 5.73. The van der Waals surface area contributed by atoms with Crippen LogP contribution in [0.5, 0.6) is 11.5 Å². The lowest BCUT2D eigenvalue weighted by atomic mass is 9.92. The van der Waals surface area contributed by atoms with Gasteiger partial charge in [-0.1, -0.05) is 52.3 Å². The molecule has 4 rings (SSSR count). The zero-order valence-electron chi connectivity index (χ0n) is 18.1. The van der Waals surface area contributed by atoms with Crippen molar-refractivity contribution in [3.05, 3.63) is 94.1 Å². The van der Waals surface area contributed by atoms with Gasteiger partial charge in [-0.05, 0) is 54.5 Å². The highest BCUT2D eigenvalue weighted by Crippen LogP contribution is 2.35. The van der Waals surface area contributed by atoms with Crippen molar-refractivity contribution < 1.29 is 14.3 Å². The van der Waals surface area contributed by atoms with Crippen molar-refractivity contribution in [3.63, 3.8) is 0 Å². The zero-order valence-corrected chi connectivity index (χ0v) is 19.6. The van der Waals surface area contributed by atoms with Crippen LogP contribution in [0.25, 0.3) is 28.1 Å². The summed E-state index contributed by atoms with van der Waals surface area (Å²) in [7, 11) is 3.20.